The number of aromatic nitrogens is 3. The van der Waals surface area contributed by atoms with Gasteiger partial charge < -0.3 is 5.32 Å². The molecule has 0 aliphatic carbocycles. The molecule has 1 aromatic carbocycles. The normalized spacial score (nSPS) is 11.5. The van der Waals surface area contributed by atoms with Gasteiger partial charge in [-0.3, -0.25) is 14.3 Å². The van der Waals surface area contributed by atoms with E-state index in [1.807, 2.05) is 0 Å². The fourth-order valence-electron chi connectivity index (χ4n) is 2.56. The first-order chi connectivity index (χ1) is 13.1. The molecule has 0 spiro atoms. The molecule has 1 N–H and O–H groups in total. The number of halogens is 3. The van der Waals surface area contributed by atoms with Crippen LogP contribution in [0, 0.1) is 0 Å². The van der Waals surface area contributed by atoms with Crippen molar-refractivity contribution in [3.05, 3.63) is 64.1 Å². The summed E-state index contributed by atoms with van der Waals surface area (Å²) in [6.07, 6.45) is -2.87. The molecular formula is C18H15F3N4O2S. The van der Waals surface area contributed by atoms with Gasteiger partial charge in [0.1, 0.15) is 16.4 Å². The molecule has 28 heavy (non-hydrogen) atoms. The van der Waals surface area contributed by atoms with Crippen LogP contribution in [0.3, 0.4) is 0 Å². The molecule has 0 radical (unpaired) electrons. The van der Waals surface area contributed by atoms with Gasteiger partial charge >= 0.3 is 6.18 Å². The lowest BCUT2D eigenvalue weighted by molar-refractivity contribution is -0.137. The Labute approximate surface area is 162 Å². The molecule has 3 rings (SSSR count). The van der Waals surface area contributed by atoms with Crippen molar-refractivity contribution in [1.29, 1.82) is 0 Å². The fraction of sp³-hybridized carbons (Fsp3) is 0.222. The molecule has 0 atom stereocenters. The number of nitrogens with zero attached hydrogens (tertiary/aromatic N) is 3. The highest BCUT2D eigenvalue weighted by molar-refractivity contribution is 7.16. The molecule has 0 bridgehead atoms. The summed E-state index contributed by atoms with van der Waals surface area (Å²) in [6.45, 7) is 1.31. The van der Waals surface area contributed by atoms with Crippen LogP contribution in [-0.4, -0.2) is 26.5 Å². The Bertz CT molecular complexity index is 1040. The number of anilines is 1. The Morgan fingerprint density at radius 3 is 2.61 bits per heavy atom. The van der Waals surface area contributed by atoms with Gasteiger partial charge in [-0.15, -0.1) is 11.3 Å². The number of thiazole rings is 1. The number of amides is 1. The first-order valence-electron chi connectivity index (χ1n) is 8.11. The Morgan fingerprint density at radius 2 is 2.00 bits per heavy atom. The van der Waals surface area contributed by atoms with E-state index in [-0.39, 0.29) is 22.9 Å². The quantitative estimate of drug-likeness (QED) is 0.649. The fourth-order valence-corrected chi connectivity index (χ4v) is 3.60. The summed E-state index contributed by atoms with van der Waals surface area (Å²) in [5, 5.41) is 7.21. The van der Waals surface area contributed by atoms with Crippen molar-refractivity contribution in [2.24, 2.45) is 7.05 Å². The SMILES string of the molecule is CC(=O)c1nc(Cc2cccc(C(F)(F)F)c2)sc1NC(=O)c1ccnn1C. The van der Waals surface area contributed by atoms with Gasteiger partial charge in [0.05, 0.1) is 10.6 Å². The third-order valence-corrected chi connectivity index (χ3v) is 4.87. The van der Waals surface area contributed by atoms with Gasteiger partial charge in [0.15, 0.2) is 5.78 Å². The first kappa shape index (κ1) is 19.7. The summed E-state index contributed by atoms with van der Waals surface area (Å²) in [5.41, 5.74) is 0.0195. The number of aryl methyl sites for hydroxylation is 1. The maximum atomic E-state index is 12.9. The predicted molar refractivity (Wildman–Crippen MR) is 97.5 cm³/mol. The molecule has 3 aromatic rings. The molecular weight excluding hydrogens is 393 g/mol. The van der Waals surface area contributed by atoms with Crippen LogP contribution >= 0.6 is 11.3 Å². The number of carbonyl (C=O) groups is 2. The predicted octanol–water partition coefficient (Wildman–Crippen LogP) is 3.94. The highest BCUT2D eigenvalue weighted by Crippen LogP contribution is 2.31. The van der Waals surface area contributed by atoms with E-state index in [1.165, 1.54) is 29.9 Å². The minimum atomic E-state index is -4.44. The number of nitrogens with one attached hydrogen (secondary N) is 1. The monoisotopic (exact) mass is 408 g/mol. The summed E-state index contributed by atoms with van der Waals surface area (Å²) in [4.78, 5) is 28.4. The third-order valence-electron chi connectivity index (χ3n) is 3.90. The van der Waals surface area contributed by atoms with Gasteiger partial charge in [-0.2, -0.15) is 18.3 Å². The van der Waals surface area contributed by atoms with Gasteiger partial charge in [-0.1, -0.05) is 18.2 Å². The molecule has 2 aromatic heterocycles. The molecule has 2 heterocycles. The van der Waals surface area contributed by atoms with Crippen LogP contribution in [0.4, 0.5) is 18.2 Å². The molecule has 0 unspecified atom stereocenters. The summed E-state index contributed by atoms with van der Waals surface area (Å²) in [5.74, 6) is -0.816. The van der Waals surface area contributed by atoms with Gasteiger partial charge in [-0.25, -0.2) is 4.98 Å². The largest absolute Gasteiger partial charge is 0.416 e. The highest BCUT2D eigenvalue weighted by atomic mass is 32.1. The molecule has 0 fully saturated rings. The molecule has 146 valence electrons. The minimum Gasteiger partial charge on any atom is -0.310 e. The van der Waals surface area contributed by atoms with Crippen LogP contribution in [0.1, 0.15) is 44.0 Å². The Kier molecular flexibility index (Phi) is 5.32. The lowest BCUT2D eigenvalue weighted by Crippen LogP contribution is -2.16. The van der Waals surface area contributed by atoms with Crippen molar-refractivity contribution in [2.75, 3.05) is 5.32 Å². The van der Waals surface area contributed by atoms with Gasteiger partial charge in [0.2, 0.25) is 0 Å². The van der Waals surface area contributed by atoms with Crippen LogP contribution in [0.15, 0.2) is 36.5 Å². The second-order valence-corrected chi connectivity index (χ2v) is 7.09. The van der Waals surface area contributed by atoms with Crippen molar-refractivity contribution in [3.63, 3.8) is 0 Å². The van der Waals surface area contributed by atoms with Crippen molar-refractivity contribution in [3.8, 4) is 0 Å². The molecule has 6 nitrogen and oxygen atoms in total. The van der Waals surface area contributed by atoms with E-state index < -0.39 is 17.6 Å². The second-order valence-electron chi connectivity index (χ2n) is 6.01. The zero-order valence-corrected chi connectivity index (χ0v) is 15.7. The number of alkyl halides is 3. The van der Waals surface area contributed by atoms with E-state index >= 15 is 0 Å². The number of benzene rings is 1. The molecule has 0 aliphatic heterocycles. The standard InChI is InChI=1S/C18H15F3N4O2S/c1-10(26)15-17(24-16(27)13-6-7-22-25(13)2)28-14(23-15)9-11-4-3-5-12(8-11)18(19,20)21/h3-8H,9H2,1-2H3,(H,24,27). The maximum Gasteiger partial charge on any atom is 0.416 e. The van der Waals surface area contributed by atoms with Crippen LogP contribution in [0.5, 0.6) is 0 Å². The average molecular weight is 408 g/mol. The van der Waals surface area contributed by atoms with Crippen LogP contribution in [-0.2, 0) is 19.6 Å². The summed E-state index contributed by atoms with van der Waals surface area (Å²) >= 11 is 1.05. The summed E-state index contributed by atoms with van der Waals surface area (Å²) in [6, 6.07) is 6.43. The first-order valence-corrected chi connectivity index (χ1v) is 8.93. The molecule has 10 heteroatoms. The van der Waals surface area contributed by atoms with E-state index in [4.69, 9.17) is 0 Å². The van der Waals surface area contributed by atoms with E-state index in [1.54, 1.807) is 13.1 Å². The van der Waals surface area contributed by atoms with Crippen molar-refractivity contribution < 1.29 is 22.8 Å². The average Bonchev–Trinajstić information content (AvgIpc) is 3.20. The van der Waals surface area contributed by atoms with E-state index in [0.717, 1.165) is 23.5 Å². The summed E-state index contributed by atoms with van der Waals surface area (Å²) < 4.78 is 40.0. The highest BCUT2D eigenvalue weighted by Gasteiger charge is 2.30. The van der Waals surface area contributed by atoms with E-state index in [0.29, 0.717) is 16.3 Å². The number of Topliss-reactive ketones (excluding diaryl/α,β-unsaturated/α-hetero) is 1. The Balaban J connectivity index is 1.86. The minimum absolute atomic E-state index is 0.0718. The smallest absolute Gasteiger partial charge is 0.310 e. The second kappa shape index (κ2) is 7.55. The number of hydrogen-bond acceptors (Lipinski definition) is 5. The van der Waals surface area contributed by atoms with Crippen molar-refractivity contribution in [2.45, 2.75) is 19.5 Å². The third kappa shape index (κ3) is 4.28. The van der Waals surface area contributed by atoms with Gasteiger partial charge in [0, 0.05) is 26.6 Å². The zero-order valence-electron chi connectivity index (χ0n) is 14.9. The van der Waals surface area contributed by atoms with Crippen molar-refractivity contribution >= 4 is 28.0 Å². The molecule has 1 amide bonds. The lowest BCUT2D eigenvalue weighted by Gasteiger charge is -2.07. The van der Waals surface area contributed by atoms with E-state index in [9.17, 15) is 22.8 Å². The van der Waals surface area contributed by atoms with Crippen molar-refractivity contribution in [1.82, 2.24) is 14.8 Å². The van der Waals surface area contributed by atoms with Crippen LogP contribution < -0.4 is 5.32 Å². The number of hydrogen-bond donors (Lipinski definition) is 1. The van der Waals surface area contributed by atoms with Gasteiger partial charge in [-0.05, 0) is 17.7 Å². The number of rotatable bonds is 5. The summed E-state index contributed by atoms with van der Waals surface area (Å²) in [7, 11) is 1.60. The molecule has 0 saturated carbocycles. The topological polar surface area (TPSA) is 76.9 Å². The lowest BCUT2D eigenvalue weighted by atomic mass is 10.1. The van der Waals surface area contributed by atoms with Gasteiger partial charge in [0.25, 0.3) is 5.91 Å². The van der Waals surface area contributed by atoms with Crippen LogP contribution in [0.25, 0.3) is 0 Å². The zero-order chi connectivity index (χ0) is 20.5. The van der Waals surface area contributed by atoms with E-state index in [2.05, 4.69) is 15.4 Å². The maximum absolute atomic E-state index is 12.9. The number of carbonyl (C=O) groups excluding carboxylic acids is 2. The Hall–Kier alpha value is -3.01. The molecule has 0 aliphatic rings. The molecule has 0 saturated heterocycles. The van der Waals surface area contributed by atoms with Crippen LogP contribution in [0.2, 0.25) is 0 Å². The Morgan fingerprint density at radius 1 is 1.25 bits per heavy atom. The number of ketones is 1.